The molecule has 0 amide bonds. The molecule has 3 rings (SSSR count). The van der Waals surface area contributed by atoms with Crippen LogP contribution in [0, 0.1) is 30.9 Å². The number of hydrogen-bond donors (Lipinski definition) is 0. The molecule has 0 aliphatic heterocycles. The molecule has 7 heteroatoms. The van der Waals surface area contributed by atoms with E-state index in [0.29, 0.717) is 22.1 Å². The summed E-state index contributed by atoms with van der Waals surface area (Å²) in [5, 5.41) is 11.9. The number of nitro benzene ring substituents is 1. The molecule has 3 aromatic rings. The van der Waals surface area contributed by atoms with Gasteiger partial charge in [-0.25, -0.2) is 9.59 Å². The van der Waals surface area contributed by atoms with Gasteiger partial charge in [-0.15, -0.1) is 0 Å². The number of esters is 1. The minimum Gasteiger partial charge on any atom is -0.457 e. The Balaban J connectivity index is 1.96. The number of ether oxygens (including phenoxy) is 1. The molecule has 0 spiro atoms. The lowest BCUT2D eigenvalue weighted by molar-refractivity contribution is -0.385. The van der Waals surface area contributed by atoms with E-state index in [1.54, 1.807) is 25.1 Å². The standard InChI is InChI=1S/C20H17NO6/c1-11-7-8-15-14(9-17(22)27-19(15)13(11)3)10-26-20(23)16-6-4-5-12(2)18(16)21(24)25/h4-9H,10H2,1-3H3. The summed E-state index contributed by atoms with van der Waals surface area (Å²) in [7, 11) is 0. The molecular formula is C20H17NO6. The third-order valence-corrected chi connectivity index (χ3v) is 4.52. The highest BCUT2D eigenvalue weighted by Crippen LogP contribution is 2.26. The van der Waals surface area contributed by atoms with Crippen molar-refractivity contribution >= 4 is 22.6 Å². The van der Waals surface area contributed by atoms with Crippen molar-refractivity contribution < 1.29 is 18.9 Å². The summed E-state index contributed by atoms with van der Waals surface area (Å²) >= 11 is 0. The molecule has 0 saturated heterocycles. The van der Waals surface area contributed by atoms with Gasteiger partial charge in [-0.05, 0) is 38.0 Å². The number of benzene rings is 2. The number of aryl methyl sites for hydroxylation is 3. The highest BCUT2D eigenvalue weighted by atomic mass is 16.6. The van der Waals surface area contributed by atoms with Crippen LogP contribution in [-0.4, -0.2) is 10.9 Å². The first-order valence-corrected chi connectivity index (χ1v) is 8.23. The van der Waals surface area contributed by atoms with Crippen molar-refractivity contribution in [3.8, 4) is 0 Å². The zero-order valence-electron chi connectivity index (χ0n) is 15.1. The van der Waals surface area contributed by atoms with Gasteiger partial charge in [0.05, 0.1) is 4.92 Å². The summed E-state index contributed by atoms with van der Waals surface area (Å²) < 4.78 is 10.6. The number of carbonyl (C=O) groups is 1. The van der Waals surface area contributed by atoms with Gasteiger partial charge in [-0.1, -0.05) is 24.3 Å². The molecule has 2 aromatic carbocycles. The Morgan fingerprint density at radius 3 is 2.59 bits per heavy atom. The lowest BCUT2D eigenvalue weighted by atomic mass is 10.0. The Kier molecular flexibility index (Phi) is 4.77. The smallest absolute Gasteiger partial charge is 0.345 e. The van der Waals surface area contributed by atoms with Crippen LogP contribution in [0.25, 0.3) is 11.0 Å². The van der Waals surface area contributed by atoms with Crippen LogP contribution in [0.3, 0.4) is 0 Å². The first-order chi connectivity index (χ1) is 12.8. The molecule has 1 heterocycles. The van der Waals surface area contributed by atoms with Gasteiger partial charge in [-0.3, -0.25) is 10.1 Å². The van der Waals surface area contributed by atoms with Gasteiger partial charge >= 0.3 is 11.6 Å². The molecule has 0 bridgehead atoms. The number of nitro groups is 1. The SMILES string of the molecule is Cc1cccc(C(=O)OCc2cc(=O)oc3c(C)c(C)ccc23)c1[N+](=O)[O-]. The quantitative estimate of drug-likeness (QED) is 0.299. The molecule has 0 aliphatic carbocycles. The molecule has 138 valence electrons. The van der Waals surface area contributed by atoms with E-state index in [-0.39, 0.29) is 17.9 Å². The van der Waals surface area contributed by atoms with Crippen molar-refractivity contribution in [1.82, 2.24) is 0 Å². The van der Waals surface area contributed by atoms with Crippen LogP contribution in [0.4, 0.5) is 5.69 Å². The van der Waals surface area contributed by atoms with Crippen LogP contribution in [0.15, 0.2) is 45.6 Å². The zero-order chi connectivity index (χ0) is 19.7. The van der Waals surface area contributed by atoms with E-state index in [1.807, 2.05) is 19.9 Å². The number of hydrogen-bond acceptors (Lipinski definition) is 6. The number of rotatable bonds is 4. The Bertz CT molecular complexity index is 1130. The van der Waals surface area contributed by atoms with E-state index < -0.39 is 16.5 Å². The van der Waals surface area contributed by atoms with Crippen molar-refractivity contribution in [2.24, 2.45) is 0 Å². The Morgan fingerprint density at radius 1 is 1.15 bits per heavy atom. The molecule has 0 aliphatic rings. The molecule has 0 fully saturated rings. The van der Waals surface area contributed by atoms with Gasteiger partial charge in [0.1, 0.15) is 17.8 Å². The maximum atomic E-state index is 12.4. The van der Waals surface area contributed by atoms with Crippen LogP contribution in [0.2, 0.25) is 0 Å². The van der Waals surface area contributed by atoms with Crippen LogP contribution in [0.1, 0.15) is 32.6 Å². The molecular weight excluding hydrogens is 350 g/mol. The second-order valence-corrected chi connectivity index (χ2v) is 6.28. The Hall–Kier alpha value is -3.48. The summed E-state index contributed by atoms with van der Waals surface area (Å²) in [6.07, 6.45) is 0. The predicted octanol–water partition coefficient (Wildman–Crippen LogP) is 3.98. The monoisotopic (exact) mass is 367 g/mol. The van der Waals surface area contributed by atoms with Crippen molar-refractivity contribution in [2.45, 2.75) is 27.4 Å². The Morgan fingerprint density at radius 2 is 1.89 bits per heavy atom. The second kappa shape index (κ2) is 7.03. The van der Waals surface area contributed by atoms with Gasteiger partial charge in [0.15, 0.2) is 0 Å². The van der Waals surface area contributed by atoms with E-state index in [0.717, 1.165) is 11.1 Å². The molecule has 0 radical (unpaired) electrons. The van der Waals surface area contributed by atoms with E-state index in [9.17, 15) is 19.7 Å². The zero-order valence-corrected chi connectivity index (χ0v) is 15.1. The maximum Gasteiger partial charge on any atom is 0.345 e. The topological polar surface area (TPSA) is 99.7 Å². The summed E-state index contributed by atoms with van der Waals surface area (Å²) in [5.74, 6) is -0.823. The van der Waals surface area contributed by atoms with Crippen molar-refractivity contribution in [3.63, 3.8) is 0 Å². The van der Waals surface area contributed by atoms with Gasteiger partial charge in [0.2, 0.25) is 0 Å². The van der Waals surface area contributed by atoms with Gasteiger partial charge < -0.3 is 9.15 Å². The molecule has 7 nitrogen and oxygen atoms in total. The van der Waals surface area contributed by atoms with E-state index in [2.05, 4.69) is 0 Å². The molecule has 1 aromatic heterocycles. The normalized spacial score (nSPS) is 10.8. The van der Waals surface area contributed by atoms with E-state index in [1.165, 1.54) is 12.1 Å². The van der Waals surface area contributed by atoms with E-state index in [4.69, 9.17) is 9.15 Å². The van der Waals surface area contributed by atoms with E-state index >= 15 is 0 Å². The highest BCUT2D eigenvalue weighted by Gasteiger charge is 2.24. The number of fused-ring (bicyclic) bond motifs is 1. The van der Waals surface area contributed by atoms with Crippen LogP contribution >= 0.6 is 0 Å². The predicted molar refractivity (Wildman–Crippen MR) is 98.9 cm³/mol. The van der Waals surface area contributed by atoms with Crippen molar-refractivity contribution in [2.75, 3.05) is 0 Å². The summed E-state index contributed by atoms with van der Waals surface area (Å²) in [6.45, 7) is 5.09. The van der Waals surface area contributed by atoms with Crippen LogP contribution < -0.4 is 5.63 Å². The largest absolute Gasteiger partial charge is 0.457 e. The minimum atomic E-state index is -0.823. The third kappa shape index (κ3) is 3.44. The first-order valence-electron chi connectivity index (χ1n) is 8.23. The van der Waals surface area contributed by atoms with Crippen LogP contribution in [-0.2, 0) is 11.3 Å². The minimum absolute atomic E-state index is 0.126. The van der Waals surface area contributed by atoms with Gasteiger partial charge in [-0.2, -0.15) is 0 Å². The third-order valence-electron chi connectivity index (χ3n) is 4.52. The molecule has 0 N–H and O–H groups in total. The summed E-state index contributed by atoms with van der Waals surface area (Å²) in [4.78, 5) is 34.9. The Labute approximate surface area is 154 Å². The number of nitrogens with zero attached hydrogens (tertiary/aromatic N) is 1. The fourth-order valence-electron chi connectivity index (χ4n) is 2.93. The highest BCUT2D eigenvalue weighted by molar-refractivity contribution is 5.94. The second-order valence-electron chi connectivity index (χ2n) is 6.28. The molecule has 0 atom stereocenters. The molecule has 0 saturated carbocycles. The fourth-order valence-corrected chi connectivity index (χ4v) is 2.93. The lowest BCUT2D eigenvalue weighted by Gasteiger charge is -2.10. The van der Waals surface area contributed by atoms with Crippen molar-refractivity contribution in [1.29, 1.82) is 0 Å². The first kappa shape index (κ1) is 18.3. The average Bonchev–Trinajstić information content (AvgIpc) is 2.62. The molecule has 0 unspecified atom stereocenters. The van der Waals surface area contributed by atoms with Gasteiger partial charge in [0.25, 0.3) is 5.69 Å². The average molecular weight is 367 g/mol. The number of carbonyl (C=O) groups excluding carboxylic acids is 1. The number of para-hydroxylation sites is 1. The van der Waals surface area contributed by atoms with Crippen molar-refractivity contribution in [3.05, 3.63) is 84.7 Å². The summed E-state index contributed by atoms with van der Waals surface area (Å²) in [5.41, 5.74) is 2.12. The van der Waals surface area contributed by atoms with Crippen LogP contribution in [0.5, 0.6) is 0 Å². The maximum absolute atomic E-state index is 12.4. The molecule has 27 heavy (non-hydrogen) atoms. The van der Waals surface area contributed by atoms with Gasteiger partial charge in [0, 0.05) is 22.6 Å². The summed E-state index contributed by atoms with van der Waals surface area (Å²) in [6, 6.07) is 9.38. The fraction of sp³-hybridized carbons (Fsp3) is 0.200. The lowest BCUT2D eigenvalue weighted by Crippen LogP contribution is -2.11.